The first-order chi connectivity index (χ1) is 13.6. The first-order valence-corrected chi connectivity index (χ1v) is 9.72. The average molecular weight is 439 g/mol. The summed E-state index contributed by atoms with van der Waals surface area (Å²) in [4.78, 5) is 26.5. The summed E-state index contributed by atoms with van der Waals surface area (Å²) in [6.45, 7) is 3.10. The Hall–Kier alpha value is -3.00. The number of anilines is 4. The summed E-state index contributed by atoms with van der Waals surface area (Å²) >= 11 is 3.53. The van der Waals surface area contributed by atoms with Gasteiger partial charge in [-0.15, -0.1) is 0 Å². The molecule has 0 saturated carbocycles. The number of carbonyl (C=O) groups excluding carboxylic acids is 1. The van der Waals surface area contributed by atoms with Crippen LogP contribution in [-0.4, -0.2) is 27.4 Å². The standard InChI is InChI=1S/C20H19BrN6O/c1-13(28)24-17-3-2-4-18(10-17)25-19-22-12-23-20(26-19)27-8-7-14-9-16(21)6-5-15(14)11-27/h2-6,9-10,12H,7-8,11H2,1H3,(H,24,28)(H,22,23,25,26). The number of carbonyl (C=O) groups is 1. The van der Waals surface area contributed by atoms with Gasteiger partial charge in [-0.1, -0.05) is 28.1 Å². The number of nitrogens with one attached hydrogen (secondary N) is 2. The molecule has 0 fully saturated rings. The maximum atomic E-state index is 11.2. The van der Waals surface area contributed by atoms with E-state index in [0.717, 1.165) is 29.7 Å². The molecule has 1 aliphatic rings. The molecule has 2 N–H and O–H groups in total. The van der Waals surface area contributed by atoms with Crippen molar-refractivity contribution in [3.63, 3.8) is 0 Å². The Morgan fingerprint density at radius 3 is 2.82 bits per heavy atom. The zero-order chi connectivity index (χ0) is 19.5. The molecule has 28 heavy (non-hydrogen) atoms. The molecule has 0 radical (unpaired) electrons. The Morgan fingerprint density at radius 2 is 1.96 bits per heavy atom. The summed E-state index contributed by atoms with van der Waals surface area (Å²) in [6.07, 6.45) is 2.46. The van der Waals surface area contributed by atoms with Gasteiger partial charge in [0.05, 0.1) is 0 Å². The van der Waals surface area contributed by atoms with Gasteiger partial charge in [-0.05, 0) is 47.9 Å². The molecule has 0 saturated heterocycles. The fourth-order valence-electron chi connectivity index (χ4n) is 3.20. The maximum absolute atomic E-state index is 11.2. The normalized spacial score (nSPS) is 13.0. The van der Waals surface area contributed by atoms with Crippen molar-refractivity contribution < 1.29 is 4.79 Å². The smallest absolute Gasteiger partial charge is 0.232 e. The lowest BCUT2D eigenvalue weighted by molar-refractivity contribution is -0.114. The van der Waals surface area contributed by atoms with Crippen LogP contribution in [0.5, 0.6) is 0 Å². The van der Waals surface area contributed by atoms with E-state index in [9.17, 15) is 4.79 Å². The van der Waals surface area contributed by atoms with Crippen LogP contribution in [0.2, 0.25) is 0 Å². The summed E-state index contributed by atoms with van der Waals surface area (Å²) in [5, 5.41) is 5.94. The Kier molecular flexibility index (Phi) is 5.21. The SMILES string of the molecule is CC(=O)Nc1cccc(Nc2ncnc(N3CCc4cc(Br)ccc4C3)n2)c1. The zero-order valence-electron chi connectivity index (χ0n) is 15.3. The van der Waals surface area contributed by atoms with E-state index >= 15 is 0 Å². The number of halogens is 1. The van der Waals surface area contributed by atoms with Crippen LogP contribution in [0.1, 0.15) is 18.1 Å². The number of fused-ring (bicyclic) bond motifs is 1. The average Bonchev–Trinajstić information content (AvgIpc) is 2.67. The van der Waals surface area contributed by atoms with Gasteiger partial charge in [0.2, 0.25) is 17.8 Å². The molecular formula is C20H19BrN6O. The predicted octanol–water partition coefficient (Wildman–Crippen LogP) is 3.90. The summed E-state index contributed by atoms with van der Waals surface area (Å²) < 4.78 is 1.10. The van der Waals surface area contributed by atoms with E-state index in [1.807, 2.05) is 24.3 Å². The van der Waals surface area contributed by atoms with Crippen molar-refractivity contribution in [2.24, 2.45) is 0 Å². The molecule has 0 bridgehead atoms. The van der Waals surface area contributed by atoms with Gasteiger partial charge in [0.25, 0.3) is 0 Å². The molecular weight excluding hydrogens is 420 g/mol. The van der Waals surface area contributed by atoms with Gasteiger partial charge >= 0.3 is 0 Å². The number of aromatic nitrogens is 3. The van der Waals surface area contributed by atoms with Crippen LogP contribution in [0.15, 0.2) is 53.3 Å². The van der Waals surface area contributed by atoms with E-state index in [1.165, 1.54) is 24.4 Å². The number of benzene rings is 2. The van der Waals surface area contributed by atoms with Gasteiger partial charge in [-0.3, -0.25) is 4.79 Å². The first-order valence-electron chi connectivity index (χ1n) is 8.93. The van der Waals surface area contributed by atoms with Crippen LogP contribution in [0.4, 0.5) is 23.3 Å². The van der Waals surface area contributed by atoms with Gasteiger partial charge in [-0.2, -0.15) is 4.98 Å². The Bertz CT molecular complexity index is 1030. The van der Waals surface area contributed by atoms with Crippen molar-refractivity contribution >= 4 is 45.1 Å². The van der Waals surface area contributed by atoms with E-state index < -0.39 is 0 Å². The second-order valence-corrected chi connectivity index (χ2v) is 7.50. The molecule has 1 aromatic heterocycles. The highest BCUT2D eigenvalue weighted by Crippen LogP contribution is 2.25. The van der Waals surface area contributed by atoms with Crippen molar-refractivity contribution in [3.05, 3.63) is 64.4 Å². The number of nitrogens with zero attached hydrogens (tertiary/aromatic N) is 4. The topological polar surface area (TPSA) is 83.0 Å². The number of rotatable bonds is 4. The minimum atomic E-state index is -0.114. The monoisotopic (exact) mass is 438 g/mol. The van der Waals surface area contributed by atoms with Gasteiger partial charge in [0.1, 0.15) is 6.33 Å². The summed E-state index contributed by atoms with van der Waals surface area (Å²) in [5.41, 5.74) is 4.14. The lowest BCUT2D eigenvalue weighted by atomic mass is 10.0. The van der Waals surface area contributed by atoms with Crippen LogP contribution < -0.4 is 15.5 Å². The molecule has 0 unspecified atom stereocenters. The zero-order valence-corrected chi connectivity index (χ0v) is 16.9. The summed E-state index contributed by atoms with van der Waals surface area (Å²) in [7, 11) is 0. The quantitative estimate of drug-likeness (QED) is 0.642. The molecule has 8 heteroatoms. The molecule has 2 aromatic carbocycles. The largest absolute Gasteiger partial charge is 0.336 e. The van der Waals surface area contributed by atoms with Crippen LogP contribution >= 0.6 is 15.9 Å². The minimum absolute atomic E-state index is 0.114. The van der Waals surface area contributed by atoms with Gasteiger partial charge in [0, 0.05) is 35.9 Å². The van der Waals surface area contributed by atoms with Crippen molar-refractivity contribution in [1.82, 2.24) is 15.0 Å². The van der Waals surface area contributed by atoms with Crippen LogP contribution in [-0.2, 0) is 17.8 Å². The molecule has 2 heterocycles. The fourth-order valence-corrected chi connectivity index (χ4v) is 3.61. The summed E-state index contributed by atoms with van der Waals surface area (Å²) in [6, 6.07) is 13.8. The van der Waals surface area contributed by atoms with Gasteiger partial charge in [-0.25, -0.2) is 9.97 Å². The lowest BCUT2D eigenvalue weighted by Crippen LogP contribution is -2.32. The molecule has 1 amide bonds. The highest BCUT2D eigenvalue weighted by molar-refractivity contribution is 9.10. The Morgan fingerprint density at radius 1 is 1.11 bits per heavy atom. The number of amides is 1. The van der Waals surface area contributed by atoms with E-state index in [1.54, 1.807) is 0 Å². The van der Waals surface area contributed by atoms with Crippen molar-refractivity contribution in [2.75, 3.05) is 22.1 Å². The third-order valence-corrected chi connectivity index (χ3v) is 4.95. The lowest BCUT2D eigenvalue weighted by Gasteiger charge is -2.29. The molecule has 0 spiro atoms. The molecule has 4 rings (SSSR count). The van der Waals surface area contributed by atoms with E-state index in [-0.39, 0.29) is 5.91 Å². The van der Waals surface area contributed by atoms with Crippen LogP contribution in [0, 0.1) is 0 Å². The second kappa shape index (κ2) is 7.93. The fraction of sp³-hybridized carbons (Fsp3) is 0.200. The highest BCUT2D eigenvalue weighted by Gasteiger charge is 2.19. The molecule has 7 nitrogen and oxygen atoms in total. The Labute approximate surface area is 171 Å². The molecule has 0 aliphatic carbocycles. The molecule has 142 valence electrons. The number of hydrogen-bond acceptors (Lipinski definition) is 6. The second-order valence-electron chi connectivity index (χ2n) is 6.58. The highest BCUT2D eigenvalue weighted by atomic mass is 79.9. The van der Waals surface area contributed by atoms with Crippen molar-refractivity contribution in [3.8, 4) is 0 Å². The third kappa shape index (κ3) is 4.28. The van der Waals surface area contributed by atoms with Crippen molar-refractivity contribution in [1.29, 1.82) is 0 Å². The van der Waals surface area contributed by atoms with E-state index in [2.05, 4.69) is 64.6 Å². The van der Waals surface area contributed by atoms with Crippen LogP contribution in [0.25, 0.3) is 0 Å². The number of hydrogen-bond donors (Lipinski definition) is 2. The van der Waals surface area contributed by atoms with Crippen molar-refractivity contribution in [2.45, 2.75) is 19.9 Å². The maximum Gasteiger partial charge on any atom is 0.232 e. The first kappa shape index (κ1) is 18.4. The minimum Gasteiger partial charge on any atom is -0.336 e. The van der Waals surface area contributed by atoms with Gasteiger partial charge < -0.3 is 15.5 Å². The van der Waals surface area contributed by atoms with E-state index in [4.69, 9.17) is 0 Å². The molecule has 1 aliphatic heterocycles. The Balaban J connectivity index is 1.51. The third-order valence-electron chi connectivity index (χ3n) is 4.46. The predicted molar refractivity (Wildman–Crippen MR) is 113 cm³/mol. The molecule has 3 aromatic rings. The van der Waals surface area contributed by atoms with Gasteiger partial charge in [0.15, 0.2) is 0 Å². The summed E-state index contributed by atoms with van der Waals surface area (Å²) in [5.74, 6) is 0.993. The van der Waals surface area contributed by atoms with E-state index in [0.29, 0.717) is 17.6 Å². The molecule has 0 atom stereocenters. The van der Waals surface area contributed by atoms with Crippen LogP contribution in [0.3, 0.4) is 0 Å².